The molecule has 1 heterocycles. The van der Waals surface area contributed by atoms with E-state index in [0.717, 1.165) is 11.3 Å². The Morgan fingerprint density at radius 1 is 1.31 bits per heavy atom. The molecular formula is C12H13ClN2O. The van der Waals surface area contributed by atoms with Crippen molar-refractivity contribution >= 4 is 11.6 Å². The summed E-state index contributed by atoms with van der Waals surface area (Å²) in [6, 6.07) is 8.08. The van der Waals surface area contributed by atoms with Gasteiger partial charge in [-0.25, -0.2) is 0 Å². The Hall–Kier alpha value is -1.48. The minimum atomic E-state index is 0.458. The summed E-state index contributed by atoms with van der Waals surface area (Å²) in [5, 5.41) is 7.45. The van der Waals surface area contributed by atoms with Crippen LogP contribution in [0.5, 0.6) is 5.88 Å². The van der Waals surface area contributed by atoms with Gasteiger partial charge in [0.15, 0.2) is 0 Å². The molecule has 0 aliphatic rings. The van der Waals surface area contributed by atoms with Crippen LogP contribution in [0.4, 0.5) is 0 Å². The summed E-state index contributed by atoms with van der Waals surface area (Å²) >= 11 is 6.16. The number of rotatable bonds is 3. The highest BCUT2D eigenvalue weighted by Gasteiger charge is 2.13. The van der Waals surface area contributed by atoms with Crippen molar-refractivity contribution in [2.75, 3.05) is 6.61 Å². The molecule has 0 aliphatic heterocycles. The Bertz CT molecular complexity index is 476. The average Bonchev–Trinajstić information content (AvgIpc) is 2.63. The SMILES string of the molecule is CCOc1n[nH]c(-c2ccc(C)cc2)c1Cl. The first-order valence-electron chi connectivity index (χ1n) is 5.16. The monoisotopic (exact) mass is 236 g/mol. The fourth-order valence-electron chi connectivity index (χ4n) is 1.46. The number of hydrogen-bond donors (Lipinski definition) is 1. The fourth-order valence-corrected chi connectivity index (χ4v) is 1.70. The number of H-pyrrole nitrogens is 1. The summed E-state index contributed by atoms with van der Waals surface area (Å²) in [5.41, 5.74) is 3.02. The van der Waals surface area contributed by atoms with E-state index in [9.17, 15) is 0 Å². The predicted octanol–water partition coefficient (Wildman–Crippen LogP) is 3.44. The van der Waals surface area contributed by atoms with Gasteiger partial charge in [-0.05, 0) is 13.8 Å². The second-order valence-electron chi connectivity index (χ2n) is 3.52. The van der Waals surface area contributed by atoms with Gasteiger partial charge < -0.3 is 4.74 Å². The van der Waals surface area contributed by atoms with Crippen LogP contribution < -0.4 is 4.74 Å². The van der Waals surface area contributed by atoms with E-state index in [-0.39, 0.29) is 0 Å². The molecule has 2 aromatic rings. The van der Waals surface area contributed by atoms with Crippen LogP contribution in [0.3, 0.4) is 0 Å². The van der Waals surface area contributed by atoms with Crippen LogP contribution in [0.1, 0.15) is 12.5 Å². The Kier molecular flexibility index (Phi) is 3.15. The first kappa shape index (κ1) is 11.0. The van der Waals surface area contributed by atoms with Crippen molar-refractivity contribution in [3.05, 3.63) is 34.9 Å². The van der Waals surface area contributed by atoms with Gasteiger partial charge >= 0.3 is 0 Å². The van der Waals surface area contributed by atoms with Gasteiger partial charge in [0, 0.05) is 5.56 Å². The fraction of sp³-hybridized carbons (Fsp3) is 0.250. The van der Waals surface area contributed by atoms with Gasteiger partial charge in [0.05, 0.1) is 12.3 Å². The molecule has 0 unspecified atom stereocenters. The van der Waals surface area contributed by atoms with E-state index in [0.29, 0.717) is 17.5 Å². The highest BCUT2D eigenvalue weighted by Crippen LogP contribution is 2.32. The standard InChI is InChI=1S/C12H13ClN2O/c1-3-16-12-10(13)11(14-15-12)9-6-4-8(2)5-7-9/h4-7H,3H2,1-2H3,(H,14,15). The zero-order valence-corrected chi connectivity index (χ0v) is 10.0. The minimum absolute atomic E-state index is 0.458. The highest BCUT2D eigenvalue weighted by atomic mass is 35.5. The maximum atomic E-state index is 6.16. The van der Waals surface area contributed by atoms with Crippen LogP contribution in [0.15, 0.2) is 24.3 Å². The van der Waals surface area contributed by atoms with Crippen molar-refractivity contribution < 1.29 is 4.74 Å². The molecule has 0 atom stereocenters. The molecule has 16 heavy (non-hydrogen) atoms. The van der Waals surface area contributed by atoms with Crippen molar-refractivity contribution in [2.24, 2.45) is 0 Å². The van der Waals surface area contributed by atoms with Crippen LogP contribution in [-0.4, -0.2) is 16.8 Å². The third kappa shape index (κ3) is 2.04. The molecule has 4 heteroatoms. The first-order valence-corrected chi connectivity index (χ1v) is 5.54. The number of nitrogens with one attached hydrogen (secondary N) is 1. The molecule has 1 aromatic carbocycles. The molecule has 0 saturated heterocycles. The largest absolute Gasteiger partial charge is 0.476 e. The number of halogens is 1. The topological polar surface area (TPSA) is 37.9 Å². The number of aromatic amines is 1. The lowest BCUT2D eigenvalue weighted by Gasteiger charge is -2.00. The quantitative estimate of drug-likeness (QED) is 0.887. The number of nitrogens with zero attached hydrogens (tertiary/aromatic N) is 1. The molecule has 0 fully saturated rings. The molecule has 0 spiro atoms. The van der Waals surface area contributed by atoms with Gasteiger partial charge in [0.1, 0.15) is 5.02 Å². The molecule has 0 bridgehead atoms. The third-order valence-corrected chi connectivity index (χ3v) is 2.65. The maximum absolute atomic E-state index is 6.16. The number of aryl methyl sites for hydroxylation is 1. The lowest BCUT2D eigenvalue weighted by atomic mass is 10.1. The molecule has 2 rings (SSSR count). The van der Waals surface area contributed by atoms with E-state index in [1.807, 2.05) is 38.1 Å². The number of benzene rings is 1. The first-order chi connectivity index (χ1) is 7.72. The number of aromatic nitrogens is 2. The Labute approximate surface area is 99.4 Å². The zero-order valence-electron chi connectivity index (χ0n) is 9.25. The number of ether oxygens (including phenoxy) is 1. The lowest BCUT2D eigenvalue weighted by molar-refractivity contribution is 0.326. The Morgan fingerprint density at radius 3 is 2.62 bits per heavy atom. The molecule has 3 nitrogen and oxygen atoms in total. The van der Waals surface area contributed by atoms with Gasteiger partial charge in [0.2, 0.25) is 0 Å². The third-order valence-electron chi connectivity index (χ3n) is 2.30. The van der Waals surface area contributed by atoms with Crippen molar-refractivity contribution in [1.82, 2.24) is 10.2 Å². The van der Waals surface area contributed by atoms with Crippen molar-refractivity contribution in [1.29, 1.82) is 0 Å². The zero-order chi connectivity index (χ0) is 11.5. The lowest BCUT2D eigenvalue weighted by Crippen LogP contribution is -1.91. The van der Waals surface area contributed by atoms with Gasteiger partial charge in [0.25, 0.3) is 5.88 Å². The second kappa shape index (κ2) is 4.58. The van der Waals surface area contributed by atoms with Crippen LogP contribution in [0.2, 0.25) is 5.02 Å². The van der Waals surface area contributed by atoms with E-state index >= 15 is 0 Å². The normalized spacial score (nSPS) is 10.4. The highest BCUT2D eigenvalue weighted by molar-refractivity contribution is 6.34. The van der Waals surface area contributed by atoms with Crippen molar-refractivity contribution in [3.63, 3.8) is 0 Å². The summed E-state index contributed by atoms with van der Waals surface area (Å²) in [4.78, 5) is 0. The molecule has 0 saturated carbocycles. The molecular weight excluding hydrogens is 224 g/mol. The molecule has 1 aromatic heterocycles. The predicted molar refractivity (Wildman–Crippen MR) is 64.9 cm³/mol. The number of hydrogen-bond acceptors (Lipinski definition) is 2. The summed E-state index contributed by atoms with van der Waals surface area (Å²) in [6.07, 6.45) is 0. The summed E-state index contributed by atoms with van der Waals surface area (Å²) in [6.45, 7) is 4.50. The average molecular weight is 237 g/mol. The van der Waals surface area contributed by atoms with Crippen molar-refractivity contribution in [3.8, 4) is 17.1 Å². The minimum Gasteiger partial charge on any atom is -0.476 e. The van der Waals surface area contributed by atoms with Crippen molar-refractivity contribution in [2.45, 2.75) is 13.8 Å². The Balaban J connectivity index is 2.37. The molecule has 84 valence electrons. The summed E-state index contributed by atoms with van der Waals surface area (Å²) in [5.74, 6) is 0.458. The van der Waals surface area contributed by atoms with Gasteiger partial charge in [-0.2, -0.15) is 0 Å². The van der Waals surface area contributed by atoms with Crippen LogP contribution in [0.25, 0.3) is 11.3 Å². The van der Waals surface area contributed by atoms with E-state index in [1.165, 1.54) is 5.56 Å². The smallest absolute Gasteiger partial charge is 0.252 e. The summed E-state index contributed by atoms with van der Waals surface area (Å²) < 4.78 is 5.29. The van der Waals surface area contributed by atoms with Crippen LogP contribution in [-0.2, 0) is 0 Å². The summed E-state index contributed by atoms with van der Waals surface area (Å²) in [7, 11) is 0. The van der Waals surface area contributed by atoms with Gasteiger partial charge in [-0.3, -0.25) is 5.10 Å². The van der Waals surface area contributed by atoms with Crippen LogP contribution >= 0.6 is 11.6 Å². The molecule has 1 N–H and O–H groups in total. The van der Waals surface area contributed by atoms with Crippen LogP contribution in [0, 0.1) is 6.92 Å². The van der Waals surface area contributed by atoms with E-state index < -0.39 is 0 Å². The molecule has 0 amide bonds. The van der Waals surface area contributed by atoms with E-state index in [1.54, 1.807) is 0 Å². The van der Waals surface area contributed by atoms with Gasteiger partial charge in [-0.15, -0.1) is 5.10 Å². The molecule has 0 radical (unpaired) electrons. The molecule has 0 aliphatic carbocycles. The van der Waals surface area contributed by atoms with E-state index in [4.69, 9.17) is 16.3 Å². The maximum Gasteiger partial charge on any atom is 0.252 e. The van der Waals surface area contributed by atoms with Gasteiger partial charge in [-0.1, -0.05) is 41.4 Å². The second-order valence-corrected chi connectivity index (χ2v) is 3.89. The van der Waals surface area contributed by atoms with E-state index in [2.05, 4.69) is 10.2 Å². The Morgan fingerprint density at radius 2 is 2.00 bits per heavy atom.